The molecule has 3 rings (SSSR count). The van der Waals surface area contributed by atoms with Gasteiger partial charge in [0.2, 0.25) is 0 Å². The maximum atomic E-state index is 12.4. The Balaban J connectivity index is 1.73. The Labute approximate surface area is 153 Å². The van der Waals surface area contributed by atoms with Crippen LogP contribution in [-0.4, -0.2) is 18.6 Å². The molecule has 0 fully saturated rings. The number of nitrogens with zero attached hydrogens (tertiary/aromatic N) is 2. The van der Waals surface area contributed by atoms with Crippen LogP contribution in [0.1, 0.15) is 16.7 Å². The Bertz CT molecular complexity index is 1010. The standard InChI is InChI=1S/C19H20N4O2S/c1-13-4-8-17(9-5-13)26(24,25)23-19-11-10-18(21-22-19)20-16-7-6-14(2)15(3)12-16/h4-12H,1-3H3,(H,20,21)(H,22,23). The fourth-order valence-corrected chi connectivity index (χ4v) is 3.33. The Morgan fingerprint density at radius 1 is 0.769 bits per heavy atom. The molecular formula is C19H20N4O2S. The summed E-state index contributed by atoms with van der Waals surface area (Å²) < 4.78 is 27.2. The molecule has 0 radical (unpaired) electrons. The Hall–Kier alpha value is -2.93. The highest BCUT2D eigenvalue weighted by Gasteiger charge is 2.14. The zero-order chi connectivity index (χ0) is 18.7. The molecule has 1 heterocycles. The Morgan fingerprint density at radius 2 is 1.42 bits per heavy atom. The number of rotatable bonds is 5. The Kier molecular flexibility index (Phi) is 4.90. The van der Waals surface area contributed by atoms with Gasteiger partial charge in [-0.3, -0.25) is 4.72 Å². The third kappa shape index (κ3) is 4.18. The molecule has 0 saturated heterocycles. The third-order valence-electron chi connectivity index (χ3n) is 4.01. The summed E-state index contributed by atoms with van der Waals surface area (Å²) in [5.41, 5.74) is 4.27. The van der Waals surface area contributed by atoms with Gasteiger partial charge in [0.15, 0.2) is 11.6 Å². The smallest absolute Gasteiger partial charge is 0.263 e. The van der Waals surface area contributed by atoms with Gasteiger partial charge in [-0.15, -0.1) is 10.2 Å². The lowest BCUT2D eigenvalue weighted by Crippen LogP contribution is -2.14. The number of hydrogen-bond acceptors (Lipinski definition) is 5. The van der Waals surface area contributed by atoms with Gasteiger partial charge < -0.3 is 5.32 Å². The third-order valence-corrected chi connectivity index (χ3v) is 5.38. The van der Waals surface area contributed by atoms with Gasteiger partial charge in [0.1, 0.15) is 0 Å². The van der Waals surface area contributed by atoms with Crippen molar-refractivity contribution < 1.29 is 8.42 Å². The number of aryl methyl sites for hydroxylation is 3. The van der Waals surface area contributed by atoms with Crippen molar-refractivity contribution in [2.24, 2.45) is 0 Å². The van der Waals surface area contributed by atoms with Crippen LogP contribution in [-0.2, 0) is 10.0 Å². The first kappa shape index (κ1) is 17.9. The number of hydrogen-bond donors (Lipinski definition) is 2. The topological polar surface area (TPSA) is 84.0 Å². The summed E-state index contributed by atoms with van der Waals surface area (Å²) in [5.74, 6) is 0.697. The van der Waals surface area contributed by atoms with Gasteiger partial charge in [-0.25, -0.2) is 8.42 Å². The van der Waals surface area contributed by atoms with Crippen LogP contribution < -0.4 is 10.0 Å². The van der Waals surface area contributed by atoms with Crippen LogP contribution in [0.3, 0.4) is 0 Å². The highest BCUT2D eigenvalue weighted by molar-refractivity contribution is 7.92. The molecule has 0 aliphatic carbocycles. The molecule has 2 N–H and O–H groups in total. The van der Waals surface area contributed by atoms with E-state index in [9.17, 15) is 8.42 Å². The average molecular weight is 368 g/mol. The summed E-state index contributed by atoms with van der Waals surface area (Å²) >= 11 is 0. The predicted molar refractivity (Wildman–Crippen MR) is 103 cm³/mol. The van der Waals surface area contributed by atoms with Crippen molar-refractivity contribution in [3.63, 3.8) is 0 Å². The van der Waals surface area contributed by atoms with Crippen LogP contribution in [0.25, 0.3) is 0 Å². The van der Waals surface area contributed by atoms with Gasteiger partial charge in [-0.1, -0.05) is 23.8 Å². The minimum atomic E-state index is -3.69. The van der Waals surface area contributed by atoms with Crippen molar-refractivity contribution in [3.8, 4) is 0 Å². The molecule has 134 valence electrons. The van der Waals surface area contributed by atoms with E-state index in [4.69, 9.17) is 0 Å². The molecule has 0 amide bonds. The van der Waals surface area contributed by atoms with E-state index in [1.165, 1.54) is 11.1 Å². The van der Waals surface area contributed by atoms with Crippen LogP contribution >= 0.6 is 0 Å². The molecule has 6 nitrogen and oxygen atoms in total. The van der Waals surface area contributed by atoms with Crippen LogP contribution in [0, 0.1) is 20.8 Å². The van der Waals surface area contributed by atoms with E-state index in [1.807, 2.05) is 39.0 Å². The molecule has 1 aromatic heterocycles. The van der Waals surface area contributed by atoms with Gasteiger partial charge in [0.05, 0.1) is 4.90 Å². The zero-order valence-electron chi connectivity index (χ0n) is 14.8. The van der Waals surface area contributed by atoms with Crippen molar-refractivity contribution >= 4 is 27.3 Å². The molecule has 0 aliphatic rings. The summed E-state index contributed by atoms with van der Waals surface area (Å²) in [6.07, 6.45) is 0. The van der Waals surface area contributed by atoms with Crippen molar-refractivity contribution in [1.29, 1.82) is 0 Å². The molecular weight excluding hydrogens is 348 g/mol. The molecule has 0 atom stereocenters. The van der Waals surface area contributed by atoms with E-state index in [0.717, 1.165) is 11.3 Å². The van der Waals surface area contributed by atoms with E-state index < -0.39 is 10.0 Å². The summed E-state index contributed by atoms with van der Waals surface area (Å²) in [6, 6.07) is 15.9. The van der Waals surface area contributed by atoms with Gasteiger partial charge in [0, 0.05) is 5.69 Å². The van der Waals surface area contributed by atoms with Crippen molar-refractivity contribution in [2.45, 2.75) is 25.7 Å². The molecule has 0 unspecified atom stereocenters. The van der Waals surface area contributed by atoms with E-state index >= 15 is 0 Å². The van der Waals surface area contributed by atoms with E-state index in [-0.39, 0.29) is 10.7 Å². The first-order valence-electron chi connectivity index (χ1n) is 8.11. The molecule has 0 spiro atoms. The van der Waals surface area contributed by atoms with Gasteiger partial charge in [-0.05, 0) is 68.3 Å². The maximum Gasteiger partial charge on any atom is 0.263 e. The maximum absolute atomic E-state index is 12.4. The quantitative estimate of drug-likeness (QED) is 0.712. The monoisotopic (exact) mass is 368 g/mol. The van der Waals surface area contributed by atoms with Gasteiger partial charge in [0.25, 0.3) is 10.0 Å². The highest BCUT2D eigenvalue weighted by atomic mass is 32.2. The lowest BCUT2D eigenvalue weighted by atomic mass is 10.1. The lowest BCUT2D eigenvalue weighted by Gasteiger charge is -2.09. The van der Waals surface area contributed by atoms with E-state index in [2.05, 4.69) is 20.2 Å². The summed E-state index contributed by atoms with van der Waals surface area (Å²) in [7, 11) is -3.69. The van der Waals surface area contributed by atoms with Gasteiger partial charge in [-0.2, -0.15) is 0 Å². The summed E-state index contributed by atoms with van der Waals surface area (Å²) in [5, 5.41) is 11.1. The van der Waals surface area contributed by atoms with Crippen molar-refractivity contribution in [2.75, 3.05) is 10.0 Å². The zero-order valence-corrected chi connectivity index (χ0v) is 15.6. The predicted octanol–water partition coefficient (Wildman–Crippen LogP) is 3.95. The second-order valence-electron chi connectivity index (χ2n) is 6.15. The number of nitrogens with one attached hydrogen (secondary N) is 2. The summed E-state index contributed by atoms with van der Waals surface area (Å²) in [4.78, 5) is 0.183. The Morgan fingerprint density at radius 3 is 2.04 bits per heavy atom. The molecule has 7 heteroatoms. The molecule has 0 bridgehead atoms. The average Bonchev–Trinajstić information content (AvgIpc) is 2.60. The molecule has 0 aliphatic heterocycles. The number of anilines is 3. The minimum absolute atomic E-state index is 0.163. The molecule has 2 aromatic carbocycles. The first-order chi connectivity index (χ1) is 12.3. The molecule has 26 heavy (non-hydrogen) atoms. The SMILES string of the molecule is Cc1ccc(S(=O)(=O)Nc2ccc(Nc3ccc(C)c(C)c3)nn2)cc1. The minimum Gasteiger partial charge on any atom is -0.339 e. The molecule has 0 saturated carbocycles. The van der Waals surface area contributed by atoms with Crippen LogP contribution in [0.2, 0.25) is 0 Å². The van der Waals surface area contributed by atoms with Crippen molar-refractivity contribution in [3.05, 3.63) is 71.3 Å². The van der Waals surface area contributed by atoms with Crippen LogP contribution in [0.4, 0.5) is 17.3 Å². The van der Waals surface area contributed by atoms with Crippen molar-refractivity contribution in [1.82, 2.24) is 10.2 Å². The fourth-order valence-electron chi connectivity index (χ4n) is 2.33. The van der Waals surface area contributed by atoms with E-state index in [0.29, 0.717) is 5.82 Å². The number of benzene rings is 2. The van der Waals surface area contributed by atoms with Gasteiger partial charge >= 0.3 is 0 Å². The second kappa shape index (κ2) is 7.13. The lowest BCUT2D eigenvalue weighted by molar-refractivity contribution is 0.601. The first-order valence-corrected chi connectivity index (χ1v) is 9.59. The largest absolute Gasteiger partial charge is 0.339 e. The second-order valence-corrected chi connectivity index (χ2v) is 7.83. The fraction of sp³-hybridized carbons (Fsp3) is 0.158. The summed E-state index contributed by atoms with van der Waals surface area (Å²) in [6.45, 7) is 5.99. The number of sulfonamides is 1. The molecule has 3 aromatic rings. The highest BCUT2D eigenvalue weighted by Crippen LogP contribution is 2.19. The number of aromatic nitrogens is 2. The normalized spacial score (nSPS) is 11.2. The van der Waals surface area contributed by atoms with E-state index in [1.54, 1.807) is 36.4 Å². The van der Waals surface area contributed by atoms with Crippen LogP contribution in [0.5, 0.6) is 0 Å². The van der Waals surface area contributed by atoms with Crippen LogP contribution in [0.15, 0.2) is 59.5 Å².